The predicted octanol–water partition coefficient (Wildman–Crippen LogP) is 3.84. The highest BCUT2D eigenvalue weighted by atomic mass is 35.5. The van der Waals surface area contributed by atoms with Gasteiger partial charge in [-0.3, -0.25) is 4.79 Å². The number of nitrogens with zero attached hydrogens (tertiary/aromatic N) is 1. The minimum atomic E-state index is -0.00714. The van der Waals surface area contributed by atoms with E-state index >= 15 is 0 Å². The Balaban J connectivity index is 2.04. The van der Waals surface area contributed by atoms with Crippen LogP contribution in [0.2, 0.25) is 0 Å². The minimum absolute atomic E-state index is 0.00714. The summed E-state index contributed by atoms with van der Waals surface area (Å²) < 4.78 is 0.274. The van der Waals surface area contributed by atoms with Gasteiger partial charge in [-0.05, 0) is 36.2 Å². The third-order valence-electron chi connectivity index (χ3n) is 4.45. The Morgan fingerprint density at radius 1 is 1.39 bits per heavy atom. The summed E-state index contributed by atoms with van der Waals surface area (Å²) in [6.07, 6.45) is 4.17. The van der Waals surface area contributed by atoms with Gasteiger partial charge >= 0.3 is 0 Å². The molecule has 2 rings (SSSR count). The Hall–Kier alpha value is -0.210. The first-order chi connectivity index (χ1) is 8.34. The van der Waals surface area contributed by atoms with Crippen LogP contribution in [0.5, 0.6) is 0 Å². The van der Waals surface area contributed by atoms with E-state index in [2.05, 4.69) is 20.8 Å². The average Bonchev–Trinajstić information content (AvgIpc) is 2.78. The first-order valence-corrected chi connectivity index (χ1v) is 7.41. The van der Waals surface area contributed by atoms with E-state index in [9.17, 15) is 4.79 Å². The van der Waals surface area contributed by atoms with Gasteiger partial charge in [-0.25, -0.2) is 0 Å². The van der Waals surface area contributed by atoms with Gasteiger partial charge in [0.2, 0.25) is 5.91 Å². The smallest absolute Gasteiger partial charge is 0.226 e. The highest BCUT2D eigenvalue weighted by Crippen LogP contribution is 2.60. The maximum absolute atomic E-state index is 12.5. The van der Waals surface area contributed by atoms with Gasteiger partial charge in [0.1, 0.15) is 4.49 Å². The molecule has 2 fully saturated rings. The van der Waals surface area contributed by atoms with Crippen molar-refractivity contribution in [3.63, 3.8) is 0 Å². The van der Waals surface area contributed by atoms with Crippen LogP contribution in [0.1, 0.15) is 33.6 Å². The van der Waals surface area contributed by atoms with Crippen LogP contribution in [-0.2, 0) is 4.79 Å². The van der Waals surface area contributed by atoms with E-state index in [0.717, 1.165) is 19.5 Å². The summed E-state index contributed by atoms with van der Waals surface area (Å²) in [5, 5.41) is 0. The topological polar surface area (TPSA) is 20.3 Å². The molecule has 0 aromatic heterocycles. The predicted molar refractivity (Wildman–Crippen MR) is 75.5 cm³/mol. The van der Waals surface area contributed by atoms with Crippen molar-refractivity contribution in [2.75, 3.05) is 13.1 Å². The standard InChI is InChI=1S/C14H21Cl2NO/c1-9-5-4-6-17(8-9)13(18)12-10(7-11(15)16)14(12,2)3/h7,9-10,12H,4-6,8H2,1-3H3/t9-,10-,12-/m1/s1. The SMILES string of the molecule is C[C@@H]1CCCN(C(=O)[C@H]2[C@@H](C=C(Cl)Cl)C2(C)C)C1. The molecule has 0 N–H and O–H groups in total. The molecule has 0 aromatic carbocycles. The summed E-state index contributed by atoms with van der Waals surface area (Å²) in [4.78, 5) is 14.5. The third kappa shape index (κ3) is 2.70. The number of piperidine rings is 1. The molecule has 18 heavy (non-hydrogen) atoms. The molecular formula is C14H21Cl2NO. The zero-order valence-corrected chi connectivity index (χ0v) is 12.8. The van der Waals surface area contributed by atoms with Crippen molar-refractivity contribution in [2.45, 2.75) is 33.6 Å². The van der Waals surface area contributed by atoms with Gasteiger partial charge in [0.25, 0.3) is 0 Å². The summed E-state index contributed by atoms with van der Waals surface area (Å²) in [7, 11) is 0. The Kier molecular flexibility index (Phi) is 3.99. The van der Waals surface area contributed by atoms with Crippen LogP contribution in [0.4, 0.5) is 0 Å². The second-order valence-corrected chi connectivity index (χ2v) is 7.32. The number of carbonyl (C=O) groups excluding carboxylic acids is 1. The molecular weight excluding hydrogens is 269 g/mol. The van der Waals surface area contributed by atoms with E-state index in [4.69, 9.17) is 23.2 Å². The van der Waals surface area contributed by atoms with E-state index in [1.165, 1.54) is 6.42 Å². The van der Waals surface area contributed by atoms with Gasteiger partial charge in [0.15, 0.2) is 0 Å². The highest BCUT2D eigenvalue weighted by molar-refractivity contribution is 6.55. The molecule has 1 amide bonds. The zero-order valence-electron chi connectivity index (χ0n) is 11.2. The molecule has 0 spiro atoms. The van der Waals surface area contributed by atoms with E-state index < -0.39 is 0 Å². The van der Waals surface area contributed by atoms with Crippen molar-refractivity contribution in [1.82, 2.24) is 4.90 Å². The van der Waals surface area contributed by atoms with Crippen molar-refractivity contribution < 1.29 is 4.79 Å². The van der Waals surface area contributed by atoms with Gasteiger partial charge in [-0.15, -0.1) is 0 Å². The molecule has 0 radical (unpaired) electrons. The molecule has 1 aliphatic heterocycles. The van der Waals surface area contributed by atoms with Gasteiger partial charge in [0, 0.05) is 13.1 Å². The minimum Gasteiger partial charge on any atom is -0.342 e. The summed E-state index contributed by atoms with van der Waals surface area (Å²) in [5.41, 5.74) is -0.00714. The fraction of sp³-hybridized carbons (Fsp3) is 0.786. The van der Waals surface area contributed by atoms with Gasteiger partial charge in [0.05, 0.1) is 5.92 Å². The zero-order chi connectivity index (χ0) is 13.5. The summed E-state index contributed by atoms with van der Waals surface area (Å²) in [6, 6.07) is 0. The van der Waals surface area contributed by atoms with Crippen LogP contribution >= 0.6 is 23.2 Å². The number of carbonyl (C=O) groups is 1. The lowest BCUT2D eigenvalue weighted by Gasteiger charge is -2.31. The van der Waals surface area contributed by atoms with Crippen molar-refractivity contribution in [1.29, 1.82) is 0 Å². The van der Waals surface area contributed by atoms with Gasteiger partial charge in [-0.2, -0.15) is 0 Å². The van der Waals surface area contributed by atoms with Crippen LogP contribution < -0.4 is 0 Å². The monoisotopic (exact) mass is 289 g/mol. The molecule has 0 unspecified atom stereocenters. The highest BCUT2D eigenvalue weighted by Gasteiger charge is 2.61. The van der Waals surface area contributed by atoms with Crippen molar-refractivity contribution in [3.8, 4) is 0 Å². The summed E-state index contributed by atoms with van der Waals surface area (Å²) >= 11 is 11.4. The average molecular weight is 290 g/mol. The lowest BCUT2D eigenvalue weighted by atomic mass is 9.99. The van der Waals surface area contributed by atoms with Crippen LogP contribution in [-0.4, -0.2) is 23.9 Å². The Morgan fingerprint density at radius 2 is 2.06 bits per heavy atom. The largest absolute Gasteiger partial charge is 0.342 e. The third-order valence-corrected chi connectivity index (χ3v) is 4.70. The number of hydrogen-bond acceptors (Lipinski definition) is 1. The van der Waals surface area contributed by atoms with Gasteiger partial charge in [-0.1, -0.05) is 44.0 Å². The lowest BCUT2D eigenvalue weighted by molar-refractivity contribution is -0.135. The summed E-state index contributed by atoms with van der Waals surface area (Å²) in [5.74, 6) is 1.14. The number of allylic oxidation sites excluding steroid dienone is 1. The first-order valence-electron chi connectivity index (χ1n) is 6.65. The molecule has 3 atom stereocenters. The molecule has 1 saturated heterocycles. The first kappa shape index (κ1) is 14.2. The van der Waals surface area contributed by atoms with Crippen molar-refractivity contribution in [2.24, 2.45) is 23.2 Å². The van der Waals surface area contributed by atoms with E-state index in [-0.39, 0.29) is 27.6 Å². The van der Waals surface area contributed by atoms with Crippen LogP contribution in [0.15, 0.2) is 10.6 Å². The molecule has 1 heterocycles. The Morgan fingerprint density at radius 3 is 2.61 bits per heavy atom. The molecule has 1 aliphatic carbocycles. The molecule has 1 saturated carbocycles. The second-order valence-electron chi connectivity index (χ2n) is 6.31. The van der Waals surface area contributed by atoms with Crippen LogP contribution in [0, 0.1) is 23.2 Å². The molecule has 0 aromatic rings. The maximum atomic E-state index is 12.5. The fourth-order valence-corrected chi connectivity index (χ4v) is 3.45. The number of rotatable bonds is 2. The van der Waals surface area contributed by atoms with Crippen molar-refractivity contribution >= 4 is 29.1 Å². The Bertz CT molecular complexity index is 374. The fourth-order valence-electron chi connectivity index (χ4n) is 3.18. The molecule has 2 nitrogen and oxygen atoms in total. The van der Waals surface area contributed by atoms with Crippen LogP contribution in [0.3, 0.4) is 0 Å². The van der Waals surface area contributed by atoms with E-state index in [1.54, 1.807) is 0 Å². The molecule has 102 valence electrons. The van der Waals surface area contributed by atoms with Gasteiger partial charge < -0.3 is 4.90 Å². The van der Waals surface area contributed by atoms with E-state index in [1.807, 2.05) is 11.0 Å². The van der Waals surface area contributed by atoms with Crippen LogP contribution in [0.25, 0.3) is 0 Å². The molecule has 4 heteroatoms. The summed E-state index contributed by atoms with van der Waals surface area (Å²) in [6.45, 7) is 8.24. The Labute approximate surface area is 119 Å². The van der Waals surface area contributed by atoms with E-state index in [0.29, 0.717) is 5.92 Å². The molecule has 0 bridgehead atoms. The normalized spacial score (nSPS) is 34.1. The number of halogens is 2. The lowest BCUT2D eigenvalue weighted by Crippen LogP contribution is -2.40. The van der Waals surface area contributed by atoms with Crippen molar-refractivity contribution in [3.05, 3.63) is 10.6 Å². The molecule has 2 aliphatic rings. The number of likely N-dealkylation sites (tertiary alicyclic amines) is 1. The quantitative estimate of drug-likeness (QED) is 0.756. The number of hydrogen-bond donors (Lipinski definition) is 0. The maximum Gasteiger partial charge on any atom is 0.226 e. The second kappa shape index (κ2) is 5.05. The number of amides is 1.